The van der Waals surface area contributed by atoms with Crippen LogP contribution in [0.1, 0.15) is 23.2 Å². The van der Waals surface area contributed by atoms with Gasteiger partial charge in [0, 0.05) is 12.6 Å². The number of rotatable bonds is 3. The first-order valence-corrected chi connectivity index (χ1v) is 6.42. The third kappa shape index (κ3) is 2.94. The van der Waals surface area contributed by atoms with E-state index in [-0.39, 0.29) is 11.7 Å². The van der Waals surface area contributed by atoms with Crippen molar-refractivity contribution >= 4 is 17.5 Å². The number of aromatic hydroxyl groups is 1. The van der Waals surface area contributed by atoms with Crippen LogP contribution in [0.15, 0.2) is 18.2 Å². The number of halogens is 1. The summed E-state index contributed by atoms with van der Waals surface area (Å²) in [4.78, 5) is 14.2. The monoisotopic (exact) mass is 268 g/mol. The molecule has 1 unspecified atom stereocenters. The SMILES string of the molecule is CN1CCCC1CNC(=O)c1cc(O)ccc1Cl. The van der Waals surface area contributed by atoms with E-state index in [1.165, 1.54) is 24.6 Å². The minimum Gasteiger partial charge on any atom is -0.508 e. The lowest BCUT2D eigenvalue weighted by atomic mass is 10.2. The van der Waals surface area contributed by atoms with Gasteiger partial charge < -0.3 is 15.3 Å². The third-order valence-corrected chi connectivity index (χ3v) is 3.69. The van der Waals surface area contributed by atoms with Crippen LogP contribution in [0, 0.1) is 0 Å². The Morgan fingerprint density at radius 2 is 2.39 bits per heavy atom. The Balaban J connectivity index is 1.97. The van der Waals surface area contributed by atoms with Crippen LogP contribution in [0.5, 0.6) is 5.75 Å². The van der Waals surface area contributed by atoms with Crippen LogP contribution in [0.4, 0.5) is 0 Å². The highest BCUT2D eigenvalue weighted by atomic mass is 35.5. The number of likely N-dealkylation sites (tertiary alicyclic amines) is 1. The van der Waals surface area contributed by atoms with Crippen molar-refractivity contribution in [2.24, 2.45) is 0 Å². The summed E-state index contributed by atoms with van der Waals surface area (Å²) in [5.74, 6) is -0.196. The molecule has 5 heteroatoms. The van der Waals surface area contributed by atoms with Crippen molar-refractivity contribution in [3.8, 4) is 5.75 Å². The fourth-order valence-electron chi connectivity index (χ4n) is 2.23. The summed E-state index contributed by atoms with van der Waals surface area (Å²) < 4.78 is 0. The molecule has 2 rings (SSSR count). The van der Waals surface area contributed by atoms with Gasteiger partial charge in [0.15, 0.2) is 0 Å². The average Bonchev–Trinajstić information content (AvgIpc) is 2.75. The summed E-state index contributed by atoms with van der Waals surface area (Å²) >= 11 is 5.93. The molecule has 0 aromatic heterocycles. The standard InChI is InChI=1S/C13H17ClN2O2/c1-16-6-2-3-9(16)8-15-13(18)11-7-10(17)4-5-12(11)14/h4-5,7,9,17H,2-3,6,8H2,1H3,(H,15,18). The van der Waals surface area contributed by atoms with Gasteiger partial charge in [-0.05, 0) is 44.6 Å². The van der Waals surface area contributed by atoms with Gasteiger partial charge in [0.25, 0.3) is 5.91 Å². The summed E-state index contributed by atoms with van der Waals surface area (Å²) in [6, 6.07) is 4.76. The van der Waals surface area contributed by atoms with Crippen LogP contribution in [0.3, 0.4) is 0 Å². The van der Waals surface area contributed by atoms with E-state index in [0.717, 1.165) is 13.0 Å². The molecule has 0 spiro atoms. The largest absolute Gasteiger partial charge is 0.508 e. The second kappa shape index (κ2) is 5.59. The van der Waals surface area contributed by atoms with Gasteiger partial charge in [0.1, 0.15) is 5.75 Å². The molecule has 1 amide bonds. The van der Waals surface area contributed by atoms with Gasteiger partial charge in [-0.1, -0.05) is 11.6 Å². The summed E-state index contributed by atoms with van der Waals surface area (Å²) in [6.07, 6.45) is 2.27. The van der Waals surface area contributed by atoms with Crippen LogP contribution in [-0.4, -0.2) is 42.1 Å². The third-order valence-electron chi connectivity index (χ3n) is 3.36. The van der Waals surface area contributed by atoms with Crippen molar-refractivity contribution in [2.75, 3.05) is 20.1 Å². The molecule has 1 aromatic rings. The lowest BCUT2D eigenvalue weighted by molar-refractivity contribution is 0.0943. The van der Waals surface area contributed by atoms with Crippen molar-refractivity contribution < 1.29 is 9.90 Å². The number of hydrogen-bond acceptors (Lipinski definition) is 3. The Hall–Kier alpha value is -1.26. The van der Waals surface area contributed by atoms with Crippen LogP contribution in [-0.2, 0) is 0 Å². The number of benzene rings is 1. The van der Waals surface area contributed by atoms with Crippen LogP contribution in [0.25, 0.3) is 0 Å². The first kappa shape index (κ1) is 13.2. The van der Waals surface area contributed by atoms with Crippen LogP contribution >= 0.6 is 11.6 Å². The fourth-order valence-corrected chi connectivity index (χ4v) is 2.43. The number of amides is 1. The molecule has 98 valence electrons. The van der Waals surface area contributed by atoms with E-state index in [1.807, 2.05) is 0 Å². The predicted molar refractivity (Wildman–Crippen MR) is 71.1 cm³/mol. The number of nitrogens with one attached hydrogen (secondary N) is 1. The Labute approximate surface area is 112 Å². The first-order valence-electron chi connectivity index (χ1n) is 6.05. The maximum absolute atomic E-state index is 12.0. The van der Waals surface area contributed by atoms with E-state index in [0.29, 0.717) is 23.2 Å². The Morgan fingerprint density at radius 3 is 3.06 bits per heavy atom. The zero-order valence-electron chi connectivity index (χ0n) is 10.3. The quantitative estimate of drug-likeness (QED) is 0.880. The predicted octanol–water partition coefficient (Wildman–Crippen LogP) is 1.87. The van der Waals surface area contributed by atoms with Gasteiger partial charge in [0.05, 0.1) is 10.6 Å². The minimum absolute atomic E-state index is 0.0440. The molecule has 0 saturated carbocycles. The van der Waals surface area contributed by atoms with Gasteiger partial charge in [0.2, 0.25) is 0 Å². The second-order valence-corrected chi connectivity index (χ2v) is 5.06. The summed E-state index contributed by atoms with van der Waals surface area (Å²) in [5, 5.41) is 12.6. The van der Waals surface area contributed by atoms with Crippen molar-refractivity contribution in [3.63, 3.8) is 0 Å². The average molecular weight is 269 g/mol. The highest BCUT2D eigenvalue weighted by Crippen LogP contribution is 2.21. The van der Waals surface area contributed by atoms with E-state index in [4.69, 9.17) is 11.6 Å². The van der Waals surface area contributed by atoms with Crippen LogP contribution < -0.4 is 5.32 Å². The Bertz CT molecular complexity index is 451. The molecule has 1 aromatic carbocycles. The summed E-state index contributed by atoms with van der Waals surface area (Å²) in [7, 11) is 2.06. The van der Waals surface area contributed by atoms with Gasteiger partial charge >= 0.3 is 0 Å². The highest BCUT2D eigenvalue weighted by Gasteiger charge is 2.21. The summed E-state index contributed by atoms with van der Waals surface area (Å²) in [5.41, 5.74) is 0.317. The topological polar surface area (TPSA) is 52.6 Å². The Kier molecular flexibility index (Phi) is 4.09. The zero-order valence-corrected chi connectivity index (χ0v) is 11.1. The maximum Gasteiger partial charge on any atom is 0.252 e. The Morgan fingerprint density at radius 1 is 1.61 bits per heavy atom. The van der Waals surface area contributed by atoms with E-state index < -0.39 is 0 Å². The zero-order chi connectivity index (χ0) is 13.1. The van der Waals surface area contributed by atoms with E-state index >= 15 is 0 Å². The van der Waals surface area contributed by atoms with Crippen LogP contribution in [0.2, 0.25) is 5.02 Å². The van der Waals surface area contributed by atoms with E-state index in [2.05, 4.69) is 17.3 Å². The summed E-state index contributed by atoms with van der Waals surface area (Å²) in [6.45, 7) is 1.69. The number of nitrogens with zero attached hydrogens (tertiary/aromatic N) is 1. The number of carbonyl (C=O) groups is 1. The van der Waals surface area contributed by atoms with Gasteiger partial charge in [-0.15, -0.1) is 0 Å². The first-order chi connectivity index (χ1) is 8.58. The molecule has 18 heavy (non-hydrogen) atoms. The molecule has 0 bridgehead atoms. The second-order valence-electron chi connectivity index (χ2n) is 4.65. The number of phenols is 1. The van der Waals surface area contributed by atoms with Crippen molar-refractivity contribution in [3.05, 3.63) is 28.8 Å². The molecular formula is C13H17ClN2O2. The molecule has 1 heterocycles. The lowest BCUT2D eigenvalue weighted by Gasteiger charge is -2.19. The maximum atomic E-state index is 12.0. The molecule has 1 saturated heterocycles. The van der Waals surface area contributed by atoms with E-state index in [9.17, 15) is 9.90 Å². The number of phenolic OH excluding ortho intramolecular Hbond substituents is 1. The molecule has 1 fully saturated rings. The molecule has 0 aliphatic carbocycles. The van der Waals surface area contributed by atoms with Crippen molar-refractivity contribution in [1.29, 1.82) is 0 Å². The molecule has 1 aliphatic rings. The molecule has 1 atom stereocenters. The highest BCUT2D eigenvalue weighted by molar-refractivity contribution is 6.33. The smallest absolute Gasteiger partial charge is 0.252 e. The number of carbonyl (C=O) groups excluding carboxylic acids is 1. The molecule has 1 aliphatic heterocycles. The molecule has 2 N–H and O–H groups in total. The fraction of sp³-hybridized carbons (Fsp3) is 0.462. The lowest BCUT2D eigenvalue weighted by Crippen LogP contribution is -2.38. The van der Waals surface area contributed by atoms with Crippen molar-refractivity contribution in [2.45, 2.75) is 18.9 Å². The van der Waals surface area contributed by atoms with E-state index in [1.54, 1.807) is 0 Å². The van der Waals surface area contributed by atoms with Gasteiger partial charge in [-0.25, -0.2) is 0 Å². The van der Waals surface area contributed by atoms with Gasteiger partial charge in [-0.3, -0.25) is 4.79 Å². The molecule has 4 nitrogen and oxygen atoms in total. The van der Waals surface area contributed by atoms with Crippen molar-refractivity contribution in [1.82, 2.24) is 10.2 Å². The normalized spacial score (nSPS) is 20.0. The molecule has 0 radical (unpaired) electrons. The number of likely N-dealkylation sites (N-methyl/N-ethyl adjacent to an activating group) is 1. The van der Waals surface area contributed by atoms with Gasteiger partial charge in [-0.2, -0.15) is 0 Å². The number of hydrogen-bond donors (Lipinski definition) is 2. The minimum atomic E-state index is -0.240. The molecular weight excluding hydrogens is 252 g/mol.